The zero-order valence-corrected chi connectivity index (χ0v) is 11.9. The Morgan fingerprint density at radius 3 is 2.84 bits per heavy atom. The number of hydrogen-bond acceptors (Lipinski definition) is 2. The van der Waals surface area contributed by atoms with Crippen LogP contribution in [0.5, 0.6) is 0 Å². The maximum Gasteiger partial charge on any atom is 0.256 e. The minimum Gasteiger partial charge on any atom is -0.338 e. The Labute approximate surface area is 118 Å². The molecular formula is C13H13BrFN3O. The first-order chi connectivity index (χ1) is 8.99. The molecule has 1 saturated heterocycles. The number of carbonyl (C=O) groups is 1. The van der Waals surface area contributed by atoms with Gasteiger partial charge in [0.25, 0.3) is 5.91 Å². The van der Waals surface area contributed by atoms with Gasteiger partial charge in [-0.1, -0.05) is 22.0 Å². The minimum atomic E-state index is -1.11. The van der Waals surface area contributed by atoms with Crippen LogP contribution in [-0.2, 0) is 10.3 Å². The Kier molecular flexibility index (Phi) is 2.85. The van der Waals surface area contributed by atoms with E-state index in [4.69, 9.17) is 0 Å². The topological polar surface area (TPSA) is 53.5 Å². The number of amides is 1. The molecule has 3 rings (SSSR count). The molecule has 19 heavy (non-hydrogen) atoms. The molecule has 0 spiro atoms. The highest BCUT2D eigenvalue weighted by molar-refractivity contribution is 9.10. The number of nitrogens with one attached hydrogen (secondary N) is 2. The van der Waals surface area contributed by atoms with E-state index in [1.54, 1.807) is 19.1 Å². The van der Waals surface area contributed by atoms with Gasteiger partial charge in [0.05, 0.1) is 6.04 Å². The van der Waals surface area contributed by atoms with Crippen LogP contribution in [0.1, 0.15) is 25.3 Å². The molecule has 0 aromatic heterocycles. The van der Waals surface area contributed by atoms with Crippen LogP contribution >= 0.6 is 15.9 Å². The van der Waals surface area contributed by atoms with E-state index < -0.39 is 11.4 Å². The zero-order chi connectivity index (χ0) is 13.6. The molecule has 1 heterocycles. The Morgan fingerprint density at radius 1 is 1.47 bits per heavy atom. The number of benzene rings is 1. The molecule has 1 amide bonds. The molecule has 4 nitrogen and oxygen atoms in total. The summed E-state index contributed by atoms with van der Waals surface area (Å²) < 4.78 is 14.7. The van der Waals surface area contributed by atoms with Crippen molar-refractivity contribution in [3.63, 3.8) is 0 Å². The number of guanidine groups is 1. The monoisotopic (exact) mass is 325 g/mol. The molecule has 100 valence electrons. The van der Waals surface area contributed by atoms with Crippen LogP contribution in [0.25, 0.3) is 0 Å². The zero-order valence-electron chi connectivity index (χ0n) is 10.3. The van der Waals surface area contributed by atoms with Crippen molar-refractivity contribution in [2.75, 3.05) is 0 Å². The second kappa shape index (κ2) is 4.30. The Balaban J connectivity index is 1.95. The predicted octanol–water partition coefficient (Wildman–Crippen LogP) is 2.04. The number of carbonyl (C=O) groups excluding carboxylic acids is 1. The second-order valence-corrected chi connectivity index (χ2v) is 5.95. The summed E-state index contributed by atoms with van der Waals surface area (Å²) in [5.74, 6) is -0.266. The molecular weight excluding hydrogens is 313 g/mol. The first-order valence-corrected chi connectivity index (χ1v) is 6.91. The van der Waals surface area contributed by atoms with Crippen molar-refractivity contribution in [1.82, 2.24) is 10.6 Å². The summed E-state index contributed by atoms with van der Waals surface area (Å²) in [4.78, 5) is 16.5. The van der Waals surface area contributed by atoms with Gasteiger partial charge in [-0.25, -0.2) is 9.38 Å². The quantitative estimate of drug-likeness (QED) is 0.874. The lowest BCUT2D eigenvalue weighted by Gasteiger charge is -2.22. The summed E-state index contributed by atoms with van der Waals surface area (Å²) in [6.07, 6.45) is 2.09. The van der Waals surface area contributed by atoms with Gasteiger partial charge >= 0.3 is 0 Å². The summed E-state index contributed by atoms with van der Waals surface area (Å²) in [6.45, 7) is 1.66. The lowest BCUT2D eigenvalue weighted by atomic mass is 9.92. The highest BCUT2D eigenvalue weighted by atomic mass is 79.9. The van der Waals surface area contributed by atoms with E-state index in [0.717, 1.165) is 12.8 Å². The van der Waals surface area contributed by atoms with Crippen molar-refractivity contribution < 1.29 is 9.18 Å². The van der Waals surface area contributed by atoms with Crippen molar-refractivity contribution in [3.05, 3.63) is 34.1 Å². The third kappa shape index (κ3) is 2.25. The summed E-state index contributed by atoms with van der Waals surface area (Å²) >= 11 is 3.21. The molecule has 1 unspecified atom stereocenters. The fourth-order valence-corrected chi connectivity index (χ4v) is 2.43. The number of aliphatic imine (C=N–C) groups is 1. The molecule has 1 saturated carbocycles. The van der Waals surface area contributed by atoms with Crippen LogP contribution in [-0.4, -0.2) is 17.9 Å². The fraction of sp³-hybridized carbons (Fsp3) is 0.385. The van der Waals surface area contributed by atoms with Crippen LogP contribution in [0.15, 0.2) is 27.7 Å². The summed E-state index contributed by atoms with van der Waals surface area (Å²) in [6, 6.07) is 4.96. The van der Waals surface area contributed by atoms with E-state index in [0.29, 0.717) is 22.0 Å². The van der Waals surface area contributed by atoms with Gasteiger partial charge in [0, 0.05) is 10.0 Å². The van der Waals surface area contributed by atoms with Crippen molar-refractivity contribution in [2.45, 2.75) is 31.3 Å². The molecule has 1 aromatic rings. The highest BCUT2D eigenvalue weighted by Gasteiger charge is 2.44. The van der Waals surface area contributed by atoms with Gasteiger partial charge in [0.1, 0.15) is 11.4 Å². The lowest BCUT2D eigenvalue weighted by Crippen LogP contribution is -2.41. The van der Waals surface area contributed by atoms with Gasteiger partial charge in [0.2, 0.25) is 0 Å². The Bertz CT molecular complexity index is 585. The molecule has 2 fully saturated rings. The van der Waals surface area contributed by atoms with E-state index in [9.17, 15) is 9.18 Å². The van der Waals surface area contributed by atoms with Gasteiger partial charge in [-0.05, 0) is 31.9 Å². The molecule has 2 N–H and O–H groups in total. The summed E-state index contributed by atoms with van der Waals surface area (Å²) in [7, 11) is 0. The van der Waals surface area contributed by atoms with Crippen LogP contribution in [0.4, 0.5) is 4.39 Å². The SMILES string of the molecule is CC1(c2ccc(Br)cc2F)NC(=NC2CC2)NC1=O. The Morgan fingerprint density at radius 2 is 2.21 bits per heavy atom. The highest BCUT2D eigenvalue weighted by Crippen LogP contribution is 2.30. The lowest BCUT2D eigenvalue weighted by molar-refractivity contribution is -0.123. The molecule has 1 aliphatic carbocycles. The summed E-state index contributed by atoms with van der Waals surface area (Å²) in [5.41, 5.74) is -0.799. The van der Waals surface area contributed by atoms with Crippen molar-refractivity contribution in [3.8, 4) is 0 Å². The maximum atomic E-state index is 14.0. The fourth-order valence-electron chi connectivity index (χ4n) is 2.09. The van der Waals surface area contributed by atoms with Crippen LogP contribution < -0.4 is 10.6 Å². The third-order valence-electron chi connectivity index (χ3n) is 3.38. The number of halogens is 2. The van der Waals surface area contributed by atoms with E-state index >= 15 is 0 Å². The molecule has 6 heteroatoms. The number of rotatable bonds is 2. The van der Waals surface area contributed by atoms with Crippen LogP contribution in [0.2, 0.25) is 0 Å². The predicted molar refractivity (Wildman–Crippen MR) is 73.2 cm³/mol. The average molecular weight is 326 g/mol. The normalized spacial score (nSPS) is 28.4. The van der Waals surface area contributed by atoms with E-state index in [1.165, 1.54) is 6.07 Å². The second-order valence-electron chi connectivity index (χ2n) is 5.04. The largest absolute Gasteiger partial charge is 0.338 e. The maximum absolute atomic E-state index is 14.0. The first kappa shape index (κ1) is 12.6. The number of hydrogen-bond donors (Lipinski definition) is 2. The Hall–Kier alpha value is -1.43. The van der Waals surface area contributed by atoms with Gasteiger partial charge in [-0.15, -0.1) is 0 Å². The molecule has 1 atom stereocenters. The summed E-state index contributed by atoms with van der Waals surface area (Å²) in [5, 5.41) is 5.68. The van der Waals surface area contributed by atoms with Gasteiger partial charge in [-0.2, -0.15) is 0 Å². The third-order valence-corrected chi connectivity index (χ3v) is 3.88. The number of nitrogens with zero attached hydrogens (tertiary/aromatic N) is 1. The molecule has 0 bridgehead atoms. The van der Waals surface area contributed by atoms with Crippen LogP contribution in [0, 0.1) is 5.82 Å². The van der Waals surface area contributed by atoms with Gasteiger partial charge < -0.3 is 5.32 Å². The van der Waals surface area contributed by atoms with Crippen molar-refractivity contribution in [2.24, 2.45) is 4.99 Å². The van der Waals surface area contributed by atoms with Crippen molar-refractivity contribution in [1.29, 1.82) is 0 Å². The van der Waals surface area contributed by atoms with E-state index in [1.807, 2.05) is 0 Å². The molecule has 1 aromatic carbocycles. The van der Waals surface area contributed by atoms with E-state index in [-0.39, 0.29) is 5.91 Å². The van der Waals surface area contributed by atoms with Gasteiger partial charge in [-0.3, -0.25) is 10.1 Å². The average Bonchev–Trinajstić information content (AvgIpc) is 3.07. The van der Waals surface area contributed by atoms with Crippen molar-refractivity contribution >= 4 is 27.8 Å². The molecule has 1 aliphatic heterocycles. The molecule has 2 aliphatic rings. The van der Waals surface area contributed by atoms with Crippen LogP contribution in [0.3, 0.4) is 0 Å². The standard InChI is InChI=1S/C13H13BrFN3O/c1-13(9-5-2-7(14)6-10(9)15)11(19)17-12(18-13)16-8-3-4-8/h2,5-6,8H,3-4H2,1H3,(H2,16,17,18,19). The minimum absolute atomic E-state index is 0.284. The van der Waals surface area contributed by atoms with Gasteiger partial charge in [0.15, 0.2) is 5.96 Å². The smallest absolute Gasteiger partial charge is 0.256 e. The van der Waals surface area contributed by atoms with E-state index in [2.05, 4.69) is 31.6 Å². The molecule has 0 radical (unpaired) electrons. The first-order valence-electron chi connectivity index (χ1n) is 6.12.